The molecule has 0 spiro atoms. The minimum absolute atomic E-state index is 0.0687. The fraction of sp³-hybridized carbons (Fsp3) is 0.276. The van der Waals surface area contributed by atoms with E-state index >= 15 is 0 Å². The van der Waals surface area contributed by atoms with Gasteiger partial charge >= 0.3 is 5.97 Å². The predicted octanol–water partition coefficient (Wildman–Crippen LogP) is 5.36. The van der Waals surface area contributed by atoms with Gasteiger partial charge in [0.2, 0.25) is 5.91 Å². The number of aliphatic imine (C=N–C) groups is 1. The van der Waals surface area contributed by atoms with E-state index in [9.17, 15) is 9.59 Å². The summed E-state index contributed by atoms with van der Waals surface area (Å²) in [5.74, 6) is -0.466. The van der Waals surface area contributed by atoms with Crippen molar-refractivity contribution in [2.24, 2.45) is 4.99 Å². The van der Waals surface area contributed by atoms with Gasteiger partial charge in [0.25, 0.3) is 0 Å². The second-order valence-electron chi connectivity index (χ2n) is 9.15. The van der Waals surface area contributed by atoms with E-state index in [0.29, 0.717) is 18.5 Å². The van der Waals surface area contributed by atoms with E-state index in [1.165, 1.54) is 29.8 Å². The number of carbonyl (C=O) groups is 2. The van der Waals surface area contributed by atoms with Gasteiger partial charge in [-0.3, -0.25) is 4.79 Å². The van der Waals surface area contributed by atoms with E-state index in [-0.39, 0.29) is 12.3 Å². The molecule has 0 unspecified atom stereocenters. The molecule has 1 atom stereocenters. The molecule has 7 nitrogen and oxygen atoms in total. The summed E-state index contributed by atoms with van der Waals surface area (Å²) in [5.41, 5.74) is 6.38. The minimum Gasteiger partial charge on any atom is -0.466 e. The first-order valence-corrected chi connectivity index (χ1v) is 13.3. The van der Waals surface area contributed by atoms with Gasteiger partial charge in [-0.15, -0.1) is 0 Å². The van der Waals surface area contributed by atoms with Crippen LogP contribution in [0.1, 0.15) is 42.5 Å². The maximum absolute atomic E-state index is 13.0. The number of rotatable bonds is 8. The molecule has 3 aromatic rings. The largest absolute Gasteiger partial charge is 0.466 e. The topological polar surface area (TPSA) is 86.8 Å². The molecule has 2 aliphatic heterocycles. The highest BCUT2D eigenvalue weighted by Gasteiger charge is 2.41. The summed E-state index contributed by atoms with van der Waals surface area (Å²) in [7, 11) is 1.39. The van der Waals surface area contributed by atoms with Gasteiger partial charge in [0, 0.05) is 29.3 Å². The third-order valence-corrected chi connectivity index (χ3v) is 7.61. The lowest BCUT2D eigenvalue weighted by atomic mass is 9.92. The van der Waals surface area contributed by atoms with Crippen LogP contribution in [0.4, 0.5) is 0 Å². The maximum Gasteiger partial charge on any atom is 0.338 e. The first kappa shape index (κ1) is 24.9. The minimum atomic E-state index is -0.407. The van der Waals surface area contributed by atoms with Gasteiger partial charge in [0.1, 0.15) is 0 Å². The summed E-state index contributed by atoms with van der Waals surface area (Å²) in [4.78, 5) is 36.1. The van der Waals surface area contributed by atoms with Crippen molar-refractivity contribution >= 4 is 39.7 Å². The Bertz CT molecular complexity index is 1450. The number of thioether (sulfide) groups is 1. The van der Waals surface area contributed by atoms with Crippen LogP contribution in [0, 0.1) is 6.92 Å². The average Bonchev–Trinajstić information content (AvgIpc) is 3.51. The Morgan fingerprint density at radius 1 is 1.19 bits per heavy atom. The zero-order chi connectivity index (χ0) is 25.9. The quantitative estimate of drug-likeness (QED) is 0.395. The van der Waals surface area contributed by atoms with Gasteiger partial charge < -0.3 is 19.9 Å². The molecule has 37 heavy (non-hydrogen) atoms. The van der Waals surface area contributed by atoms with Crippen molar-refractivity contribution in [1.29, 1.82) is 0 Å². The van der Waals surface area contributed by atoms with Crippen LogP contribution in [0.5, 0.6) is 0 Å². The normalized spacial score (nSPS) is 16.9. The number of hydrogen-bond donors (Lipinski definition) is 2. The molecule has 3 heterocycles. The van der Waals surface area contributed by atoms with E-state index < -0.39 is 12.0 Å². The molecule has 1 amide bonds. The fourth-order valence-electron chi connectivity index (χ4n) is 4.97. The molecular formula is C29H30N4O3S. The molecule has 1 aromatic heterocycles. The predicted molar refractivity (Wildman–Crippen MR) is 148 cm³/mol. The van der Waals surface area contributed by atoms with E-state index in [4.69, 9.17) is 9.73 Å². The molecule has 5 rings (SSSR count). The lowest BCUT2D eigenvalue weighted by Gasteiger charge is -2.36. The number of nitrogens with zero attached hydrogens (tertiary/aromatic N) is 2. The number of carbonyl (C=O) groups excluding carboxylic acids is 2. The Hall–Kier alpha value is -3.78. The number of aromatic amines is 1. The van der Waals surface area contributed by atoms with Crippen molar-refractivity contribution in [2.45, 2.75) is 39.2 Å². The third kappa shape index (κ3) is 4.93. The summed E-state index contributed by atoms with van der Waals surface area (Å²) < 4.78 is 5.19. The molecule has 0 fully saturated rings. The van der Waals surface area contributed by atoms with Crippen LogP contribution in [0.2, 0.25) is 0 Å². The number of esters is 1. The number of para-hydroxylation sites is 1. The van der Waals surface area contributed by atoms with Crippen LogP contribution in [-0.4, -0.2) is 40.6 Å². The molecule has 0 radical (unpaired) electrons. The smallest absolute Gasteiger partial charge is 0.338 e. The molecule has 0 bridgehead atoms. The number of benzene rings is 2. The van der Waals surface area contributed by atoms with Crippen molar-refractivity contribution in [1.82, 2.24) is 15.2 Å². The van der Waals surface area contributed by atoms with Crippen molar-refractivity contribution < 1.29 is 14.3 Å². The lowest BCUT2D eigenvalue weighted by molar-refractivity contribution is -0.136. The zero-order valence-electron chi connectivity index (χ0n) is 21.2. The number of nitrogens with one attached hydrogen (secondary N) is 2. The van der Waals surface area contributed by atoms with Crippen molar-refractivity contribution in [2.75, 3.05) is 13.7 Å². The number of aromatic nitrogens is 1. The molecule has 2 aromatic carbocycles. The van der Waals surface area contributed by atoms with E-state index in [1.54, 1.807) is 0 Å². The highest BCUT2D eigenvalue weighted by Crippen LogP contribution is 2.45. The second-order valence-corrected chi connectivity index (χ2v) is 9.99. The molecule has 190 valence electrons. The first-order valence-electron chi connectivity index (χ1n) is 12.4. The second kappa shape index (κ2) is 10.7. The van der Waals surface area contributed by atoms with Crippen molar-refractivity contribution in [3.05, 3.63) is 93.8 Å². The highest BCUT2D eigenvalue weighted by molar-refractivity contribution is 8.16. The van der Waals surface area contributed by atoms with Crippen LogP contribution in [0.3, 0.4) is 0 Å². The van der Waals surface area contributed by atoms with E-state index in [2.05, 4.69) is 22.4 Å². The van der Waals surface area contributed by atoms with E-state index in [1.807, 2.05) is 66.8 Å². The molecule has 2 N–H and O–H groups in total. The number of H-pyrrole nitrogens is 1. The van der Waals surface area contributed by atoms with Gasteiger partial charge in [-0.25, -0.2) is 9.79 Å². The summed E-state index contributed by atoms with van der Waals surface area (Å²) >= 11 is 1.49. The van der Waals surface area contributed by atoms with E-state index in [0.717, 1.165) is 39.6 Å². The average molecular weight is 515 g/mol. The summed E-state index contributed by atoms with van der Waals surface area (Å²) in [6, 6.07) is 15.9. The Morgan fingerprint density at radius 2 is 2.03 bits per heavy atom. The number of ether oxygens (including phenoxy) is 1. The lowest BCUT2D eigenvalue weighted by Crippen LogP contribution is -2.38. The Kier molecular flexibility index (Phi) is 7.19. The number of methoxy groups -OCH3 is 1. The number of allylic oxidation sites excluding steroid dienone is 1. The molecule has 0 aliphatic carbocycles. The zero-order valence-corrected chi connectivity index (χ0v) is 22.0. The Labute approximate surface area is 220 Å². The Balaban J connectivity index is 1.35. The van der Waals surface area contributed by atoms with Crippen LogP contribution in [0.25, 0.3) is 10.9 Å². The number of aryl methyl sites for hydroxylation is 1. The first-order chi connectivity index (χ1) is 18.0. The van der Waals surface area contributed by atoms with Gasteiger partial charge in [0.05, 0.1) is 30.8 Å². The SMILES string of the molecule is CCC1=C(C(=O)OC)[C@@H](c2cccc(C)c2)N2C(CC(=O)NCCc3c[nH]c4ccccc34)=CSC2=N1. The van der Waals surface area contributed by atoms with Crippen molar-refractivity contribution in [3.63, 3.8) is 0 Å². The van der Waals surface area contributed by atoms with Gasteiger partial charge in [-0.2, -0.15) is 0 Å². The number of fused-ring (bicyclic) bond motifs is 2. The summed E-state index contributed by atoms with van der Waals surface area (Å²) in [6.07, 6.45) is 3.54. The standard InChI is InChI=1S/C29H30N4O3S/c1-4-23-26(28(35)36-3)27(19-9-7-8-18(2)14-19)33-21(17-37-29(33)32-23)15-25(34)30-13-12-20-16-31-24-11-6-5-10-22(20)24/h5-11,14,16-17,27,31H,4,12-13,15H2,1-3H3,(H,30,34)/t27-/m1/s1. The van der Waals surface area contributed by atoms with Gasteiger partial charge in [-0.1, -0.05) is 66.7 Å². The molecular weight excluding hydrogens is 484 g/mol. The van der Waals surface area contributed by atoms with Crippen LogP contribution >= 0.6 is 11.8 Å². The highest BCUT2D eigenvalue weighted by atomic mass is 32.2. The summed E-state index contributed by atoms with van der Waals surface area (Å²) in [6.45, 7) is 4.55. The Morgan fingerprint density at radius 3 is 2.81 bits per heavy atom. The fourth-order valence-corrected chi connectivity index (χ4v) is 5.91. The van der Waals surface area contributed by atoms with Crippen LogP contribution < -0.4 is 5.32 Å². The van der Waals surface area contributed by atoms with Crippen LogP contribution in [0.15, 0.2) is 82.1 Å². The number of hydrogen-bond acceptors (Lipinski definition) is 6. The molecule has 2 aliphatic rings. The van der Waals surface area contributed by atoms with Crippen LogP contribution in [-0.2, 0) is 20.7 Å². The molecule has 8 heteroatoms. The van der Waals surface area contributed by atoms with Crippen molar-refractivity contribution in [3.8, 4) is 0 Å². The number of amides is 1. The maximum atomic E-state index is 13.0. The third-order valence-electron chi connectivity index (χ3n) is 6.72. The molecule has 0 saturated carbocycles. The van der Waals surface area contributed by atoms with Gasteiger partial charge in [-0.05, 0) is 42.4 Å². The molecule has 0 saturated heterocycles. The summed E-state index contributed by atoms with van der Waals surface area (Å²) in [5, 5.41) is 6.98. The number of amidine groups is 1. The monoisotopic (exact) mass is 514 g/mol. The van der Waals surface area contributed by atoms with Gasteiger partial charge in [0.15, 0.2) is 5.17 Å².